The van der Waals surface area contributed by atoms with Crippen LogP contribution in [0.4, 0.5) is 5.69 Å². The molecule has 2 rings (SSSR count). The van der Waals surface area contributed by atoms with Crippen LogP contribution in [0.15, 0.2) is 36.4 Å². The third kappa shape index (κ3) is 4.41. The minimum absolute atomic E-state index is 0.118. The average Bonchev–Trinajstić information content (AvgIpc) is 2.58. The Morgan fingerprint density at radius 1 is 1.00 bits per heavy atom. The van der Waals surface area contributed by atoms with Crippen molar-refractivity contribution >= 4 is 11.6 Å². The summed E-state index contributed by atoms with van der Waals surface area (Å²) in [7, 11) is 3.13. The number of amides is 1. The predicted octanol–water partition coefficient (Wildman–Crippen LogP) is 3.73. The van der Waals surface area contributed by atoms with Crippen molar-refractivity contribution in [1.29, 1.82) is 0 Å². The van der Waals surface area contributed by atoms with Crippen LogP contribution in [0, 0.1) is 13.8 Å². The third-order valence-electron chi connectivity index (χ3n) is 3.81. The molecule has 0 radical (unpaired) electrons. The lowest BCUT2D eigenvalue weighted by Gasteiger charge is -2.12. The van der Waals surface area contributed by atoms with E-state index in [1.54, 1.807) is 32.4 Å². The number of ether oxygens (including phenoxy) is 3. The number of carbonyl (C=O) groups excluding carboxylic acids is 1. The fourth-order valence-electron chi connectivity index (χ4n) is 2.27. The topological polar surface area (TPSA) is 56.8 Å². The first kappa shape index (κ1) is 17.7. The first-order chi connectivity index (χ1) is 11.5. The SMILES string of the molecule is COc1ccc(NC(=O)CCOc2cccc(C)c2C)cc1OC. The number of aryl methyl sites for hydroxylation is 1. The molecule has 1 amide bonds. The molecule has 0 unspecified atom stereocenters. The molecule has 0 atom stereocenters. The summed E-state index contributed by atoms with van der Waals surface area (Å²) in [5, 5.41) is 2.83. The van der Waals surface area contributed by atoms with Crippen LogP contribution in [0.25, 0.3) is 0 Å². The second kappa shape index (κ2) is 8.24. The van der Waals surface area contributed by atoms with Gasteiger partial charge in [0.25, 0.3) is 0 Å². The fourth-order valence-corrected chi connectivity index (χ4v) is 2.27. The summed E-state index contributed by atoms with van der Waals surface area (Å²) in [4.78, 5) is 12.0. The van der Waals surface area contributed by atoms with Crippen LogP contribution in [0.5, 0.6) is 17.2 Å². The smallest absolute Gasteiger partial charge is 0.227 e. The van der Waals surface area contributed by atoms with Crippen molar-refractivity contribution in [1.82, 2.24) is 0 Å². The number of carbonyl (C=O) groups is 1. The van der Waals surface area contributed by atoms with Crippen molar-refractivity contribution < 1.29 is 19.0 Å². The van der Waals surface area contributed by atoms with Crippen LogP contribution < -0.4 is 19.5 Å². The summed E-state index contributed by atoms with van der Waals surface area (Å²) in [6.45, 7) is 4.36. The lowest BCUT2D eigenvalue weighted by atomic mass is 10.1. The Bertz CT molecular complexity index is 713. The number of methoxy groups -OCH3 is 2. The van der Waals surface area contributed by atoms with Gasteiger partial charge >= 0.3 is 0 Å². The Morgan fingerprint density at radius 2 is 1.75 bits per heavy atom. The van der Waals surface area contributed by atoms with Crippen LogP contribution in [0.1, 0.15) is 17.5 Å². The molecule has 0 aliphatic carbocycles. The molecule has 2 aromatic rings. The zero-order valence-corrected chi connectivity index (χ0v) is 14.5. The molecular formula is C19H23NO4. The Balaban J connectivity index is 1.88. The van der Waals surface area contributed by atoms with E-state index in [-0.39, 0.29) is 12.3 Å². The van der Waals surface area contributed by atoms with Crippen LogP contribution in [0.3, 0.4) is 0 Å². The van der Waals surface area contributed by atoms with Crippen molar-refractivity contribution in [3.63, 3.8) is 0 Å². The molecule has 128 valence electrons. The highest BCUT2D eigenvalue weighted by molar-refractivity contribution is 5.91. The minimum Gasteiger partial charge on any atom is -0.493 e. The van der Waals surface area contributed by atoms with E-state index in [1.807, 2.05) is 32.0 Å². The number of anilines is 1. The summed E-state index contributed by atoms with van der Waals surface area (Å²) < 4.78 is 16.1. The molecule has 24 heavy (non-hydrogen) atoms. The molecule has 0 saturated heterocycles. The Kier molecular flexibility index (Phi) is 6.07. The molecule has 5 nitrogen and oxygen atoms in total. The molecule has 0 aliphatic heterocycles. The van der Waals surface area contributed by atoms with E-state index in [9.17, 15) is 4.79 Å². The molecule has 0 fully saturated rings. The largest absolute Gasteiger partial charge is 0.493 e. The number of hydrogen-bond donors (Lipinski definition) is 1. The van der Waals surface area contributed by atoms with Gasteiger partial charge in [-0.2, -0.15) is 0 Å². The van der Waals surface area contributed by atoms with Crippen LogP contribution in [-0.2, 0) is 4.79 Å². The average molecular weight is 329 g/mol. The Morgan fingerprint density at radius 3 is 2.46 bits per heavy atom. The maximum absolute atomic E-state index is 12.0. The van der Waals surface area contributed by atoms with E-state index in [0.717, 1.165) is 11.3 Å². The van der Waals surface area contributed by atoms with Gasteiger partial charge in [-0.1, -0.05) is 12.1 Å². The van der Waals surface area contributed by atoms with Gasteiger partial charge in [0, 0.05) is 11.8 Å². The molecular weight excluding hydrogens is 306 g/mol. The summed E-state index contributed by atoms with van der Waals surface area (Å²) >= 11 is 0. The van der Waals surface area contributed by atoms with E-state index >= 15 is 0 Å². The van der Waals surface area contributed by atoms with E-state index in [1.165, 1.54) is 5.56 Å². The van der Waals surface area contributed by atoms with E-state index in [0.29, 0.717) is 23.8 Å². The van der Waals surface area contributed by atoms with Gasteiger partial charge in [0.2, 0.25) is 5.91 Å². The molecule has 0 aromatic heterocycles. The van der Waals surface area contributed by atoms with Gasteiger partial charge in [-0.15, -0.1) is 0 Å². The normalized spacial score (nSPS) is 10.2. The second-order valence-corrected chi connectivity index (χ2v) is 5.41. The van der Waals surface area contributed by atoms with Crippen molar-refractivity contribution in [2.24, 2.45) is 0 Å². The van der Waals surface area contributed by atoms with Crippen molar-refractivity contribution in [2.45, 2.75) is 20.3 Å². The summed E-state index contributed by atoms with van der Waals surface area (Å²) in [6, 6.07) is 11.1. The van der Waals surface area contributed by atoms with Crippen molar-refractivity contribution in [2.75, 3.05) is 26.1 Å². The fraction of sp³-hybridized carbons (Fsp3) is 0.316. The summed E-state index contributed by atoms with van der Waals surface area (Å²) in [6.07, 6.45) is 0.266. The monoisotopic (exact) mass is 329 g/mol. The molecule has 2 aromatic carbocycles. The van der Waals surface area contributed by atoms with Gasteiger partial charge in [-0.05, 0) is 43.2 Å². The molecule has 0 spiro atoms. The molecule has 0 aliphatic rings. The van der Waals surface area contributed by atoms with E-state index in [2.05, 4.69) is 5.32 Å². The zero-order valence-electron chi connectivity index (χ0n) is 14.5. The van der Waals surface area contributed by atoms with Gasteiger partial charge in [-0.25, -0.2) is 0 Å². The third-order valence-corrected chi connectivity index (χ3v) is 3.81. The van der Waals surface area contributed by atoms with E-state index in [4.69, 9.17) is 14.2 Å². The summed E-state index contributed by atoms with van der Waals surface area (Å²) in [5.74, 6) is 1.89. The standard InChI is InChI=1S/C19H23NO4/c1-13-6-5-7-16(14(13)2)24-11-10-19(21)20-15-8-9-17(22-3)18(12-15)23-4/h5-9,12H,10-11H2,1-4H3,(H,20,21). The number of nitrogens with one attached hydrogen (secondary N) is 1. The van der Waals surface area contributed by atoms with Gasteiger partial charge in [0.15, 0.2) is 11.5 Å². The Labute approximate surface area is 142 Å². The number of benzene rings is 2. The van der Waals surface area contributed by atoms with E-state index < -0.39 is 0 Å². The molecule has 0 bridgehead atoms. The van der Waals surface area contributed by atoms with Crippen LogP contribution in [-0.4, -0.2) is 26.7 Å². The highest BCUT2D eigenvalue weighted by Crippen LogP contribution is 2.29. The maximum Gasteiger partial charge on any atom is 0.227 e. The zero-order chi connectivity index (χ0) is 17.5. The molecule has 0 saturated carbocycles. The molecule has 5 heteroatoms. The van der Waals surface area contributed by atoms with Gasteiger partial charge in [-0.3, -0.25) is 4.79 Å². The van der Waals surface area contributed by atoms with Crippen molar-refractivity contribution in [3.8, 4) is 17.2 Å². The lowest BCUT2D eigenvalue weighted by molar-refractivity contribution is -0.116. The summed E-state index contributed by atoms with van der Waals surface area (Å²) in [5.41, 5.74) is 2.92. The lowest BCUT2D eigenvalue weighted by Crippen LogP contribution is -2.15. The second-order valence-electron chi connectivity index (χ2n) is 5.41. The predicted molar refractivity (Wildman–Crippen MR) is 94.2 cm³/mol. The van der Waals surface area contributed by atoms with Crippen molar-refractivity contribution in [3.05, 3.63) is 47.5 Å². The number of hydrogen-bond acceptors (Lipinski definition) is 4. The molecule has 1 N–H and O–H groups in total. The minimum atomic E-state index is -0.118. The van der Waals surface area contributed by atoms with Crippen LogP contribution in [0.2, 0.25) is 0 Å². The quantitative estimate of drug-likeness (QED) is 0.841. The highest BCUT2D eigenvalue weighted by Gasteiger charge is 2.08. The highest BCUT2D eigenvalue weighted by atomic mass is 16.5. The van der Waals surface area contributed by atoms with Gasteiger partial charge < -0.3 is 19.5 Å². The maximum atomic E-state index is 12.0. The first-order valence-electron chi connectivity index (χ1n) is 7.76. The molecule has 0 heterocycles. The van der Waals surface area contributed by atoms with Crippen LogP contribution >= 0.6 is 0 Å². The first-order valence-corrected chi connectivity index (χ1v) is 7.76. The van der Waals surface area contributed by atoms with Gasteiger partial charge in [0.05, 0.1) is 27.2 Å². The number of rotatable bonds is 7. The Hall–Kier alpha value is -2.69. The van der Waals surface area contributed by atoms with Gasteiger partial charge in [0.1, 0.15) is 5.75 Å².